The second-order valence-electron chi connectivity index (χ2n) is 5.92. The number of benzene rings is 1. The number of carbonyl (C=O) groups is 1. The van der Waals surface area contributed by atoms with E-state index in [1.54, 1.807) is 18.6 Å². The van der Waals surface area contributed by atoms with Crippen molar-refractivity contribution in [3.63, 3.8) is 0 Å². The van der Waals surface area contributed by atoms with Crippen molar-refractivity contribution in [3.05, 3.63) is 83.8 Å². The molecule has 0 spiro atoms. The zero-order chi connectivity index (χ0) is 17.5. The van der Waals surface area contributed by atoms with Gasteiger partial charge in [-0.25, -0.2) is 0 Å². The van der Waals surface area contributed by atoms with Gasteiger partial charge in [-0.3, -0.25) is 14.8 Å². The smallest absolute Gasteiger partial charge is 0.251 e. The first kappa shape index (κ1) is 16.8. The first-order valence-corrected chi connectivity index (χ1v) is 8.48. The summed E-state index contributed by atoms with van der Waals surface area (Å²) in [6.07, 6.45) is 7.45. The number of amides is 1. The lowest BCUT2D eigenvalue weighted by Crippen LogP contribution is -2.22. The molecule has 2 aromatic heterocycles. The molecule has 3 rings (SSSR count). The minimum Gasteiger partial charge on any atom is -0.348 e. The summed E-state index contributed by atoms with van der Waals surface area (Å²) in [5, 5.41) is 2.93. The molecule has 0 saturated carbocycles. The summed E-state index contributed by atoms with van der Waals surface area (Å²) in [4.78, 5) is 20.8. The van der Waals surface area contributed by atoms with Crippen LogP contribution in [0.4, 0.5) is 0 Å². The van der Waals surface area contributed by atoms with Crippen molar-refractivity contribution in [1.29, 1.82) is 0 Å². The number of nitrogens with one attached hydrogen (secondary N) is 1. The maximum absolute atomic E-state index is 12.2. The minimum atomic E-state index is -0.0700. The first-order chi connectivity index (χ1) is 12.3. The number of carbonyl (C=O) groups excluding carboxylic acids is 1. The molecule has 4 nitrogen and oxygen atoms in total. The number of rotatable bonds is 6. The summed E-state index contributed by atoms with van der Waals surface area (Å²) < 4.78 is 0. The van der Waals surface area contributed by atoms with Gasteiger partial charge in [-0.2, -0.15) is 0 Å². The SMILES string of the molecule is CCCc1ccc(C(=O)NCc2ccc(-c3cccnc3)nc2)cc1. The van der Waals surface area contributed by atoms with Gasteiger partial charge in [0, 0.05) is 36.3 Å². The van der Waals surface area contributed by atoms with Gasteiger partial charge in [0.25, 0.3) is 5.91 Å². The molecule has 126 valence electrons. The second kappa shape index (κ2) is 8.20. The molecule has 0 radical (unpaired) electrons. The number of aromatic nitrogens is 2. The first-order valence-electron chi connectivity index (χ1n) is 8.48. The van der Waals surface area contributed by atoms with Gasteiger partial charge in [0.15, 0.2) is 0 Å². The summed E-state index contributed by atoms with van der Waals surface area (Å²) in [7, 11) is 0. The van der Waals surface area contributed by atoms with Crippen molar-refractivity contribution < 1.29 is 4.79 Å². The molecule has 1 N–H and O–H groups in total. The van der Waals surface area contributed by atoms with Crippen LogP contribution in [0.2, 0.25) is 0 Å². The molecule has 0 saturated heterocycles. The number of pyridine rings is 2. The maximum Gasteiger partial charge on any atom is 0.251 e. The Hall–Kier alpha value is -3.01. The van der Waals surface area contributed by atoms with Gasteiger partial charge in [-0.1, -0.05) is 31.5 Å². The molecule has 1 amide bonds. The Morgan fingerprint density at radius 2 is 1.80 bits per heavy atom. The molecule has 25 heavy (non-hydrogen) atoms. The van der Waals surface area contributed by atoms with Crippen LogP contribution in [0, 0.1) is 0 Å². The van der Waals surface area contributed by atoms with Crippen LogP contribution in [0.15, 0.2) is 67.1 Å². The molecule has 0 aliphatic heterocycles. The molecule has 0 atom stereocenters. The maximum atomic E-state index is 12.2. The minimum absolute atomic E-state index is 0.0700. The lowest BCUT2D eigenvalue weighted by Gasteiger charge is -2.07. The van der Waals surface area contributed by atoms with E-state index in [0.717, 1.165) is 29.7 Å². The zero-order valence-electron chi connectivity index (χ0n) is 14.3. The Kier molecular flexibility index (Phi) is 5.52. The van der Waals surface area contributed by atoms with Gasteiger partial charge in [0.1, 0.15) is 0 Å². The van der Waals surface area contributed by atoms with Crippen molar-refractivity contribution in [3.8, 4) is 11.3 Å². The molecule has 0 bridgehead atoms. The quantitative estimate of drug-likeness (QED) is 0.742. The molecule has 2 heterocycles. The standard InChI is InChI=1S/C21H21N3O/c1-2-4-16-6-9-18(10-7-16)21(25)24-14-17-8-11-20(23-13-17)19-5-3-12-22-15-19/h3,5-13,15H,2,4,14H2,1H3,(H,24,25). The Balaban J connectivity index is 1.58. The van der Waals surface area contributed by atoms with E-state index in [-0.39, 0.29) is 5.91 Å². The van der Waals surface area contributed by atoms with Crippen LogP contribution < -0.4 is 5.32 Å². The molecular formula is C21H21N3O. The number of hydrogen-bond donors (Lipinski definition) is 1. The van der Waals surface area contributed by atoms with Crippen molar-refractivity contribution in [2.24, 2.45) is 0 Å². The third kappa shape index (κ3) is 4.51. The van der Waals surface area contributed by atoms with Crippen LogP contribution in [0.1, 0.15) is 34.8 Å². The summed E-state index contributed by atoms with van der Waals surface area (Å²) >= 11 is 0. The summed E-state index contributed by atoms with van der Waals surface area (Å²) in [5.74, 6) is -0.0700. The Bertz CT molecular complexity index is 812. The fourth-order valence-corrected chi connectivity index (χ4v) is 2.61. The Labute approximate surface area is 148 Å². The van der Waals surface area contributed by atoms with Gasteiger partial charge >= 0.3 is 0 Å². The van der Waals surface area contributed by atoms with Crippen LogP contribution in [0.3, 0.4) is 0 Å². The fourth-order valence-electron chi connectivity index (χ4n) is 2.61. The zero-order valence-corrected chi connectivity index (χ0v) is 14.3. The highest BCUT2D eigenvalue weighted by atomic mass is 16.1. The average Bonchev–Trinajstić information content (AvgIpc) is 2.68. The molecule has 1 aromatic carbocycles. The molecule has 0 unspecified atom stereocenters. The number of nitrogens with zero attached hydrogens (tertiary/aromatic N) is 2. The van der Waals surface area contributed by atoms with Crippen LogP contribution in [-0.2, 0) is 13.0 Å². The van der Waals surface area contributed by atoms with Gasteiger partial charge in [-0.05, 0) is 47.9 Å². The van der Waals surface area contributed by atoms with Gasteiger partial charge < -0.3 is 5.32 Å². The van der Waals surface area contributed by atoms with Gasteiger partial charge in [0.2, 0.25) is 0 Å². The van der Waals surface area contributed by atoms with Crippen molar-refractivity contribution in [1.82, 2.24) is 15.3 Å². The summed E-state index contributed by atoms with van der Waals surface area (Å²) in [5.41, 5.74) is 4.75. The van der Waals surface area contributed by atoms with E-state index in [1.807, 2.05) is 48.5 Å². The number of hydrogen-bond acceptors (Lipinski definition) is 3. The van der Waals surface area contributed by atoms with E-state index >= 15 is 0 Å². The molecule has 4 heteroatoms. The predicted octanol–water partition coefficient (Wildman–Crippen LogP) is 4.03. The van der Waals surface area contributed by atoms with E-state index in [4.69, 9.17) is 0 Å². The van der Waals surface area contributed by atoms with Crippen LogP contribution in [-0.4, -0.2) is 15.9 Å². The Morgan fingerprint density at radius 1 is 1.00 bits per heavy atom. The van der Waals surface area contributed by atoms with Crippen molar-refractivity contribution in [2.75, 3.05) is 0 Å². The van der Waals surface area contributed by atoms with Crippen LogP contribution >= 0.6 is 0 Å². The van der Waals surface area contributed by atoms with E-state index in [0.29, 0.717) is 12.1 Å². The summed E-state index contributed by atoms with van der Waals surface area (Å²) in [6.45, 7) is 2.60. The van der Waals surface area contributed by atoms with E-state index < -0.39 is 0 Å². The highest BCUT2D eigenvalue weighted by molar-refractivity contribution is 5.94. The molecule has 0 fully saturated rings. The Morgan fingerprint density at radius 3 is 2.44 bits per heavy atom. The van der Waals surface area contributed by atoms with E-state index in [9.17, 15) is 4.79 Å². The van der Waals surface area contributed by atoms with Crippen molar-refractivity contribution in [2.45, 2.75) is 26.3 Å². The lowest BCUT2D eigenvalue weighted by molar-refractivity contribution is 0.0951. The molecule has 0 aliphatic carbocycles. The summed E-state index contributed by atoms with van der Waals surface area (Å²) in [6, 6.07) is 15.6. The third-order valence-corrected chi connectivity index (χ3v) is 3.99. The highest BCUT2D eigenvalue weighted by Gasteiger charge is 2.06. The van der Waals surface area contributed by atoms with Crippen LogP contribution in [0.25, 0.3) is 11.3 Å². The lowest BCUT2D eigenvalue weighted by atomic mass is 10.1. The third-order valence-electron chi connectivity index (χ3n) is 3.99. The average molecular weight is 331 g/mol. The normalized spacial score (nSPS) is 10.4. The monoisotopic (exact) mass is 331 g/mol. The topological polar surface area (TPSA) is 54.9 Å². The van der Waals surface area contributed by atoms with Crippen molar-refractivity contribution >= 4 is 5.91 Å². The largest absolute Gasteiger partial charge is 0.348 e. The predicted molar refractivity (Wildman–Crippen MR) is 99.1 cm³/mol. The van der Waals surface area contributed by atoms with E-state index in [1.165, 1.54) is 5.56 Å². The van der Waals surface area contributed by atoms with E-state index in [2.05, 4.69) is 22.2 Å². The molecular weight excluding hydrogens is 310 g/mol. The fraction of sp³-hybridized carbons (Fsp3) is 0.190. The van der Waals surface area contributed by atoms with Gasteiger partial charge in [-0.15, -0.1) is 0 Å². The number of aryl methyl sites for hydroxylation is 1. The molecule has 3 aromatic rings. The molecule has 0 aliphatic rings. The highest BCUT2D eigenvalue weighted by Crippen LogP contribution is 2.15. The van der Waals surface area contributed by atoms with Crippen LogP contribution in [0.5, 0.6) is 0 Å². The van der Waals surface area contributed by atoms with Gasteiger partial charge in [0.05, 0.1) is 5.69 Å². The second-order valence-corrected chi connectivity index (χ2v) is 5.92.